The molecule has 0 bridgehead atoms. The minimum Gasteiger partial charge on any atom is -0.265 e. The number of carbonyl (C=O) groups excluding carboxylic acids is 2. The van der Waals surface area contributed by atoms with Crippen molar-refractivity contribution in [2.45, 2.75) is 0 Å². The second kappa shape index (κ2) is 3.57. The van der Waals surface area contributed by atoms with Crippen LogP contribution in [0.4, 0.5) is 0 Å². The molecule has 0 atom stereocenters. The lowest BCUT2D eigenvalue weighted by Gasteiger charge is -1.80. The molecule has 1 aromatic heterocycles. The number of isocyanates is 1. The molecule has 0 aliphatic rings. The molecular weight excluding hydrogens is 230 g/mol. The fourth-order valence-electron chi connectivity index (χ4n) is 0.522. The number of thiophene rings is 1. The van der Waals surface area contributed by atoms with Crippen LogP contribution in [0.25, 0.3) is 0 Å². The molecule has 3 nitrogen and oxygen atoms in total. The highest BCUT2D eigenvalue weighted by atomic mass is 79.9. The van der Waals surface area contributed by atoms with Crippen molar-refractivity contribution in [3.8, 4) is 0 Å². The number of hydrogen-bond acceptors (Lipinski definition) is 3. The Labute approximate surface area is 74.9 Å². The van der Waals surface area contributed by atoms with Crippen molar-refractivity contribution in [1.82, 2.24) is 0 Å². The van der Waals surface area contributed by atoms with Crippen LogP contribution in [0.15, 0.2) is 20.9 Å². The van der Waals surface area contributed by atoms with Gasteiger partial charge in [0.2, 0.25) is 6.08 Å². The average molecular weight is 232 g/mol. The normalized spacial score (nSPS) is 8.82. The van der Waals surface area contributed by atoms with E-state index >= 15 is 0 Å². The van der Waals surface area contributed by atoms with Gasteiger partial charge < -0.3 is 0 Å². The monoisotopic (exact) mass is 231 g/mol. The van der Waals surface area contributed by atoms with Gasteiger partial charge in [-0.1, -0.05) is 0 Å². The van der Waals surface area contributed by atoms with Gasteiger partial charge in [-0.05, 0) is 22.0 Å². The highest BCUT2D eigenvalue weighted by Crippen LogP contribution is 2.19. The Kier molecular flexibility index (Phi) is 2.70. The summed E-state index contributed by atoms with van der Waals surface area (Å²) in [6.45, 7) is 0. The van der Waals surface area contributed by atoms with Gasteiger partial charge in [0.25, 0.3) is 5.91 Å². The van der Waals surface area contributed by atoms with E-state index in [1.165, 1.54) is 17.4 Å². The molecular formula is C6H2BrNO2S. The molecule has 1 aromatic rings. The minimum atomic E-state index is -0.546. The first-order chi connectivity index (χ1) is 5.24. The summed E-state index contributed by atoms with van der Waals surface area (Å²) in [6.07, 6.45) is 1.19. The second-order valence-corrected chi connectivity index (χ2v) is 3.46. The predicted octanol–water partition coefficient (Wildman–Crippen LogP) is 1.99. The number of hydrogen-bond donors (Lipinski definition) is 0. The standard InChI is InChI=1S/C6H2BrNO2S/c7-4-1-5(11-2-4)6(10)8-3-9/h1-2H. The van der Waals surface area contributed by atoms with Crippen molar-refractivity contribution in [2.24, 2.45) is 4.99 Å². The van der Waals surface area contributed by atoms with Gasteiger partial charge in [-0.25, -0.2) is 4.79 Å². The summed E-state index contributed by atoms with van der Waals surface area (Å²) in [5, 5.41) is 1.74. The van der Waals surface area contributed by atoms with Gasteiger partial charge in [0.15, 0.2) is 0 Å². The summed E-state index contributed by atoms with van der Waals surface area (Å²) in [5.74, 6) is -0.546. The maximum atomic E-state index is 10.8. The molecule has 5 heteroatoms. The topological polar surface area (TPSA) is 46.5 Å². The molecule has 0 aliphatic heterocycles. The van der Waals surface area contributed by atoms with Crippen LogP contribution < -0.4 is 0 Å². The highest BCUT2D eigenvalue weighted by Gasteiger charge is 2.05. The molecule has 0 N–H and O–H groups in total. The lowest BCUT2D eigenvalue weighted by molar-refractivity contribution is 0.101. The summed E-state index contributed by atoms with van der Waals surface area (Å²) >= 11 is 4.40. The first kappa shape index (κ1) is 8.33. The molecule has 1 rings (SSSR count). The lowest BCUT2D eigenvalue weighted by atomic mass is 10.4. The van der Waals surface area contributed by atoms with E-state index in [2.05, 4.69) is 20.9 Å². The van der Waals surface area contributed by atoms with Crippen LogP contribution in [0, 0.1) is 0 Å². The van der Waals surface area contributed by atoms with Gasteiger partial charge in [-0.2, -0.15) is 0 Å². The van der Waals surface area contributed by atoms with E-state index in [-0.39, 0.29) is 0 Å². The SMILES string of the molecule is O=C=NC(=O)c1cc(Br)cs1. The maximum absolute atomic E-state index is 10.8. The first-order valence-corrected chi connectivity index (χ1v) is 4.27. The van der Waals surface area contributed by atoms with Crippen LogP contribution in [0.5, 0.6) is 0 Å². The van der Waals surface area contributed by atoms with E-state index in [4.69, 9.17) is 0 Å². The summed E-state index contributed by atoms with van der Waals surface area (Å²) in [6, 6.07) is 1.60. The van der Waals surface area contributed by atoms with Crippen LogP contribution in [-0.4, -0.2) is 12.0 Å². The van der Waals surface area contributed by atoms with Crippen molar-refractivity contribution in [2.75, 3.05) is 0 Å². The van der Waals surface area contributed by atoms with Crippen LogP contribution in [0.3, 0.4) is 0 Å². The quantitative estimate of drug-likeness (QED) is 0.549. The van der Waals surface area contributed by atoms with Crippen LogP contribution >= 0.6 is 27.3 Å². The van der Waals surface area contributed by atoms with Crippen molar-refractivity contribution in [3.63, 3.8) is 0 Å². The molecule has 0 fully saturated rings. The van der Waals surface area contributed by atoms with Crippen molar-refractivity contribution in [1.29, 1.82) is 0 Å². The molecule has 1 heterocycles. The van der Waals surface area contributed by atoms with Gasteiger partial charge in [-0.15, -0.1) is 16.3 Å². The number of carbonyl (C=O) groups is 1. The molecule has 0 saturated heterocycles. The molecule has 0 spiro atoms. The Balaban J connectivity index is 2.93. The number of nitrogens with zero attached hydrogens (tertiary/aromatic N) is 1. The van der Waals surface area contributed by atoms with E-state index in [1.54, 1.807) is 11.4 Å². The second-order valence-electron chi connectivity index (χ2n) is 1.64. The summed E-state index contributed by atoms with van der Waals surface area (Å²) < 4.78 is 0.812. The molecule has 0 aromatic carbocycles. The third-order valence-electron chi connectivity index (χ3n) is 0.925. The van der Waals surface area contributed by atoms with Gasteiger partial charge >= 0.3 is 0 Å². The van der Waals surface area contributed by atoms with Gasteiger partial charge in [0, 0.05) is 9.85 Å². The molecule has 0 radical (unpaired) electrons. The van der Waals surface area contributed by atoms with Gasteiger partial charge in [0.05, 0.1) is 4.88 Å². The number of aliphatic imine (C=N–C) groups is 1. The van der Waals surface area contributed by atoms with Gasteiger partial charge in [-0.3, -0.25) is 4.79 Å². The first-order valence-electron chi connectivity index (χ1n) is 2.60. The lowest BCUT2D eigenvalue weighted by Crippen LogP contribution is -1.87. The largest absolute Gasteiger partial charge is 0.297 e. The Morgan fingerprint density at radius 2 is 2.45 bits per heavy atom. The van der Waals surface area contributed by atoms with Crippen molar-refractivity contribution >= 4 is 39.3 Å². The Morgan fingerprint density at radius 3 is 2.91 bits per heavy atom. The van der Waals surface area contributed by atoms with Crippen LogP contribution in [-0.2, 0) is 4.79 Å². The number of amides is 1. The van der Waals surface area contributed by atoms with E-state index in [1.807, 2.05) is 0 Å². The molecule has 0 saturated carbocycles. The maximum Gasteiger partial charge on any atom is 0.297 e. The van der Waals surface area contributed by atoms with E-state index < -0.39 is 5.91 Å². The van der Waals surface area contributed by atoms with Crippen LogP contribution in [0.1, 0.15) is 9.67 Å². The Bertz CT molecular complexity index is 327. The zero-order valence-electron chi connectivity index (χ0n) is 5.20. The Hall–Kier alpha value is -0.770. The Morgan fingerprint density at radius 1 is 1.73 bits per heavy atom. The molecule has 11 heavy (non-hydrogen) atoms. The van der Waals surface area contributed by atoms with E-state index in [0.717, 1.165) is 4.47 Å². The number of rotatable bonds is 1. The fraction of sp³-hybridized carbons (Fsp3) is 0. The fourth-order valence-corrected chi connectivity index (χ4v) is 1.83. The third kappa shape index (κ3) is 2.08. The van der Waals surface area contributed by atoms with E-state index in [0.29, 0.717) is 4.88 Å². The van der Waals surface area contributed by atoms with Crippen molar-refractivity contribution < 1.29 is 9.59 Å². The average Bonchev–Trinajstić information content (AvgIpc) is 2.36. The van der Waals surface area contributed by atoms with Gasteiger partial charge in [0.1, 0.15) is 0 Å². The molecule has 0 unspecified atom stereocenters. The van der Waals surface area contributed by atoms with Crippen molar-refractivity contribution in [3.05, 3.63) is 20.8 Å². The molecule has 1 amide bonds. The zero-order valence-corrected chi connectivity index (χ0v) is 7.61. The van der Waals surface area contributed by atoms with E-state index in [9.17, 15) is 9.59 Å². The zero-order chi connectivity index (χ0) is 8.27. The highest BCUT2D eigenvalue weighted by molar-refractivity contribution is 9.10. The van der Waals surface area contributed by atoms with Crippen LogP contribution in [0.2, 0.25) is 0 Å². The predicted molar refractivity (Wildman–Crippen MR) is 44.5 cm³/mol. The smallest absolute Gasteiger partial charge is 0.265 e. The third-order valence-corrected chi connectivity index (χ3v) is 2.60. The molecule has 0 aliphatic carbocycles. The minimum absolute atomic E-state index is 0.431. The number of halogens is 1. The summed E-state index contributed by atoms with van der Waals surface area (Å²) in [7, 11) is 0. The molecule has 56 valence electrons. The summed E-state index contributed by atoms with van der Waals surface area (Å²) in [4.78, 5) is 23.9. The summed E-state index contributed by atoms with van der Waals surface area (Å²) in [5.41, 5.74) is 0.